The lowest BCUT2D eigenvalue weighted by Crippen LogP contribution is -2.24. The monoisotopic (exact) mass is 286 g/mol. The highest BCUT2D eigenvalue weighted by molar-refractivity contribution is 5.38. The van der Waals surface area contributed by atoms with Crippen LogP contribution in [0.4, 0.5) is 5.69 Å². The first-order valence-electron chi connectivity index (χ1n) is 7.32. The third kappa shape index (κ3) is 2.53. The number of nitro benzene ring substituents is 1. The molecule has 1 aromatic heterocycles. The zero-order chi connectivity index (χ0) is 14.8. The summed E-state index contributed by atoms with van der Waals surface area (Å²) < 4.78 is 2.03. The first-order valence-corrected chi connectivity index (χ1v) is 7.32. The van der Waals surface area contributed by atoms with Gasteiger partial charge in [-0.05, 0) is 31.2 Å². The van der Waals surface area contributed by atoms with Crippen LogP contribution >= 0.6 is 0 Å². The van der Waals surface area contributed by atoms with Gasteiger partial charge >= 0.3 is 0 Å². The molecule has 110 valence electrons. The second kappa shape index (κ2) is 5.63. The molecule has 0 aliphatic heterocycles. The summed E-state index contributed by atoms with van der Waals surface area (Å²) in [5.74, 6) is 1.52. The predicted octanol–water partition coefficient (Wildman–Crippen LogP) is 3.14. The van der Waals surface area contributed by atoms with E-state index in [-0.39, 0.29) is 16.5 Å². The summed E-state index contributed by atoms with van der Waals surface area (Å²) in [5.41, 5.74) is 1.11. The van der Waals surface area contributed by atoms with E-state index in [1.54, 1.807) is 18.5 Å². The molecule has 0 radical (unpaired) electrons. The maximum Gasteiger partial charge on any atom is 0.269 e. The van der Waals surface area contributed by atoms with Crippen molar-refractivity contribution in [3.05, 3.63) is 52.1 Å². The van der Waals surface area contributed by atoms with Crippen molar-refractivity contribution in [1.29, 1.82) is 0 Å². The highest BCUT2D eigenvalue weighted by Crippen LogP contribution is 2.43. The fourth-order valence-electron chi connectivity index (χ4n) is 2.99. The van der Waals surface area contributed by atoms with Crippen molar-refractivity contribution in [2.24, 2.45) is 5.92 Å². The van der Waals surface area contributed by atoms with Crippen LogP contribution in [-0.4, -0.2) is 19.7 Å². The Bertz CT molecular complexity index is 649. The number of aromatic nitrogens is 3. The Hall–Kier alpha value is -2.24. The molecule has 3 rings (SSSR count). The van der Waals surface area contributed by atoms with E-state index in [9.17, 15) is 10.1 Å². The minimum atomic E-state index is -0.341. The molecule has 1 aliphatic carbocycles. The van der Waals surface area contributed by atoms with Crippen molar-refractivity contribution in [3.8, 4) is 0 Å². The van der Waals surface area contributed by atoms with Gasteiger partial charge in [0, 0.05) is 24.6 Å². The lowest BCUT2D eigenvalue weighted by atomic mass is 9.72. The van der Waals surface area contributed by atoms with Gasteiger partial charge in [0.05, 0.1) is 4.92 Å². The number of non-ortho nitro benzene ring substituents is 1. The van der Waals surface area contributed by atoms with Gasteiger partial charge in [-0.2, -0.15) is 0 Å². The van der Waals surface area contributed by atoms with Crippen molar-refractivity contribution in [1.82, 2.24) is 14.8 Å². The SMILES string of the molecule is CCn1cnnc1C(c1cccc([N+](=O)[O-])c1)C1CCC1. The van der Waals surface area contributed by atoms with Crippen LogP contribution in [0.2, 0.25) is 0 Å². The van der Waals surface area contributed by atoms with Crippen LogP contribution in [-0.2, 0) is 6.54 Å². The second-order valence-electron chi connectivity index (χ2n) is 5.50. The molecule has 0 bridgehead atoms. The van der Waals surface area contributed by atoms with Gasteiger partial charge in [0.15, 0.2) is 0 Å². The van der Waals surface area contributed by atoms with Gasteiger partial charge in [-0.1, -0.05) is 18.6 Å². The van der Waals surface area contributed by atoms with E-state index in [0.29, 0.717) is 5.92 Å². The van der Waals surface area contributed by atoms with Crippen molar-refractivity contribution in [3.63, 3.8) is 0 Å². The normalized spacial score (nSPS) is 16.4. The quantitative estimate of drug-likeness (QED) is 0.625. The van der Waals surface area contributed by atoms with Crippen LogP contribution < -0.4 is 0 Å². The summed E-state index contributed by atoms with van der Waals surface area (Å²) in [4.78, 5) is 10.7. The molecule has 0 N–H and O–H groups in total. The number of rotatable bonds is 5. The number of hydrogen-bond acceptors (Lipinski definition) is 4. The Morgan fingerprint density at radius 1 is 1.48 bits per heavy atom. The third-order valence-electron chi connectivity index (χ3n) is 4.33. The maximum atomic E-state index is 11.0. The van der Waals surface area contributed by atoms with Gasteiger partial charge in [0.25, 0.3) is 5.69 Å². The number of nitrogens with zero attached hydrogens (tertiary/aromatic N) is 4. The third-order valence-corrected chi connectivity index (χ3v) is 4.33. The van der Waals surface area contributed by atoms with Crippen molar-refractivity contribution in [2.75, 3.05) is 0 Å². The molecule has 1 saturated carbocycles. The molecular weight excluding hydrogens is 268 g/mol. The standard InChI is InChI=1S/C15H18N4O2/c1-2-18-10-16-17-15(18)14(11-5-3-6-11)12-7-4-8-13(9-12)19(20)21/h4,7-11,14H,2-3,5-6H2,1H3. The Kier molecular flexibility index (Phi) is 3.68. The first-order chi connectivity index (χ1) is 10.2. The van der Waals surface area contributed by atoms with Gasteiger partial charge in [0.1, 0.15) is 12.2 Å². The predicted molar refractivity (Wildman–Crippen MR) is 78.0 cm³/mol. The molecule has 1 unspecified atom stereocenters. The van der Waals surface area contributed by atoms with E-state index < -0.39 is 0 Å². The van der Waals surface area contributed by atoms with E-state index in [4.69, 9.17) is 0 Å². The molecule has 21 heavy (non-hydrogen) atoms. The average Bonchev–Trinajstić information content (AvgIpc) is 2.90. The summed E-state index contributed by atoms with van der Waals surface area (Å²) in [5, 5.41) is 19.3. The summed E-state index contributed by atoms with van der Waals surface area (Å²) in [6.07, 6.45) is 5.24. The molecule has 1 aromatic carbocycles. The molecule has 6 nitrogen and oxygen atoms in total. The summed E-state index contributed by atoms with van der Waals surface area (Å²) in [7, 11) is 0. The highest BCUT2D eigenvalue weighted by atomic mass is 16.6. The van der Waals surface area contributed by atoms with Crippen LogP contribution in [0, 0.1) is 16.0 Å². The molecular formula is C15H18N4O2. The van der Waals surface area contributed by atoms with Gasteiger partial charge in [-0.3, -0.25) is 10.1 Å². The Morgan fingerprint density at radius 2 is 2.29 bits per heavy atom. The fourth-order valence-corrected chi connectivity index (χ4v) is 2.99. The fraction of sp³-hybridized carbons (Fsp3) is 0.467. The zero-order valence-corrected chi connectivity index (χ0v) is 12.0. The molecule has 0 spiro atoms. The number of benzene rings is 1. The average molecular weight is 286 g/mol. The van der Waals surface area contributed by atoms with Gasteiger partial charge in [-0.15, -0.1) is 10.2 Å². The second-order valence-corrected chi connectivity index (χ2v) is 5.50. The van der Waals surface area contributed by atoms with E-state index in [1.807, 2.05) is 10.6 Å². The summed E-state index contributed by atoms with van der Waals surface area (Å²) in [6.45, 7) is 2.86. The molecule has 6 heteroatoms. The van der Waals surface area contributed by atoms with E-state index in [2.05, 4.69) is 17.1 Å². The van der Waals surface area contributed by atoms with Crippen LogP contribution in [0.1, 0.15) is 43.5 Å². The number of hydrogen-bond donors (Lipinski definition) is 0. The molecule has 0 saturated heterocycles. The number of nitro groups is 1. The number of aryl methyl sites for hydroxylation is 1. The molecule has 0 amide bonds. The maximum absolute atomic E-state index is 11.0. The lowest BCUT2D eigenvalue weighted by Gasteiger charge is -2.33. The largest absolute Gasteiger partial charge is 0.317 e. The van der Waals surface area contributed by atoms with Crippen LogP contribution in [0.3, 0.4) is 0 Å². The van der Waals surface area contributed by atoms with Crippen molar-refractivity contribution in [2.45, 2.75) is 38.6 Å². The van der Waals surface area contributed by atoms with Gasteiger partial charge in [0.2, 0.25) is 0 Å². The minimum Gasteiger partial charge on any atom is -0.317 e. The van der Waals surface area contributed by atoms with Gasteiger partial charge in [-0.25, -0.2) is 0 Å². The van der Waals surface area contributed by atoms with Crippen molar-refractivity contribution >= 4 is 5.69 Å². The Morgan fingerprint density at radius 3 is 2.90 bits per heavy atom. The summed E-state index contributed by atoms with van der Waals surface area (Å²) in [6, 6.07) is 6.93. The van der Waals surface area contributed by atoms with E-state index >= 15 is 0 Å². The van der Waals surface area contributed by atoms with E-state index in [0.717, 1.165) is 30.8 Å². The molecule has 2 aromatic rings. The van der Waals surface area contributed by atoms with E-state index in [1.165, 1.54) is 12.5 Å². The smallest absolute Gasteiger partial charge is 0.269 e. The van der Waals surface area contributed by atoms with Crippen LogP contribution in [0.25, 0.3) is 0 Å². The highest BCUT2D eigenvalue weighted by Gasteiger charge is 2.33. The van der Waals surface area contributed by atoms with Crippen molar-refractivity contribution < 1.29 is 4.92 Å². The Balaban J connectivity index is 2.03. The molecule has 1 fully saturated rings. The molecule has 1 aliphatic rings. The lowest BCUT2D eigenvalue weighted by molar-refractivity contribution is -0.384. The zero-order valence-electron chi connectivity index (χ0n) is 12.0. The minimum absolute atomic E-state index is 0.0982. The van der Waals surface area contributed by atoms with Gasteiger partial charge < -0.3 is 4.57 Å². The van der Waals surface area contributed by atoms with Crippen LogP contribution in [0.15, 0.2) is 30.6 Å². The molecule has 1 atom stereocenters. The topological polar surface area (TPSA) is 73.8 Å². The van der Waals surface area contributed by atoms with Crippen LogP contribution in [0.5, 0.6) is 0 Å². The molecule has 1 heterocycles. The Labute approximate surface area is 123 Å². The summed E-state index contributed by atoms with van der Waals surface area (Å²) >= 11 is 0. The first kappa shape index (κ1) is 13.7.